The summed E-state index contributed by atoms with van der Waals surface area (Å²) in [5.74, 6) is 1.01. The van der Waals surface area contributed by atoms with E-state index in [1.807, 2.05) is 18.2 Å². The summed E-state index contributed by atoms with van der Waals surface area (Å²) in [4.78, 5) is 29.6. The Hall–Kier alpha value is -3.04. The van der Waals surface area contributed by atoms with Crippen LogP contribution >= 0.6 is 0 Å². The Bertz CT molecular complexity index is 1240. The van der Waals surface area contributed by atoms with E-state index in [9.17, 15) is 9.59 Å². The highest BCUT2D eigenvalue weighted by Crippen LogP contribution is 2.35. The monoisotopic (exact) mass is 484 g/mol. The molecule has 1 fully saturated rings. The number of amides is 1. The standard InChI is InChI=1S/C26H36N4O5/c1-5-7-18(6-2)27-25(31)21-17-30-20(16-19-22(33-3)8-9-23(34-4)24(19)30)26(32)29(21)11-10-28-12-14-35-15-13-28/h8-9,16-18H,5-7,10-15H2,1-4H3,(H,27,31). The molecular weight excluding hydrogens is 448 g/mol. The number of morpholine rings is 1. The number of carbonyl (C=O) groups is 1. The lowest BCUT2D eigenvalue weighted by atomic mass is 10.1. The molecule has 3 aromatic rings. The maximum absolute atomic E-state index is 13.8. The van der Waals surface area contributed by atoms with Crippen LogP contribution in [0.15, 0.2) is 29.2 Å². The fourth-order valence-electron chi connectivity index (χ4n) is 4.82. The highest BCUT2D eigenvalue weighted by molar-refractivity contribution is 5.98. The van der Waals surface area contributed by atoms with Gasteiger partial charge in [-0.25, -0.2) is 0 Å². The van der Waals surface area contributed by atoms with E-state index >= 15 is 0 Å². The molecule has 0 spiro atoms. The van der Waals surface area contributed by atoms with Crippen LogP contribution in [0.1, 0.15) is 43.6 Å². The summed E-state index contributed by atoms with van der Waals surface area (Å²) < 4.78 is 20.0. The fourth-order valence-corrected chi connectivity index (χ4v) is 4.82. The van der Waals surface area contributed by atoms with Gasteiger partial charge in [-0.2, -0.15) is 0 Å². The van der Waals surface area contributed by atoms with Crippen molar-refractivity contribution in [2.45, 2.75) is 45.7 Å². The Kier molecular flexibility index (Phi) is 7.97. The second-order valence-electron chi connectivity index (χ2n) is 8.92. The van der Waals surface area contributed by atoms with E-state index in [0.29, 0.717) is 54.5 Å². The molecule has 9 heteroatoms. The number of ether oxygens (including phenoxy) is 3. The largest absolute Gasteiger partial charge is 0.496 e. The molecule has 1 unspecified atom stereocenters. The number of carbonyl (C=O) groups excluding carboxylic acids is 1. The first-order valence-corrected chi connectivity index (χ1v) is 12.4. The van der Waals surface area contributed by atoms with Crippen LogP contribution in [-0.4, -0.2) is 72.9 Å². The van der Waals surface area contributed by atoms with Crippen molar-refractivity contribution in [2.24, 2.45) is 0 Å². The van der Waals surface area contributed by atoms with Gasteiger partial charge in [0.1, 0.15) is 22.7 Å². The van der Waals surface area contributed by atoms with Crippen LogP contribution in [0.3, 0.4) is 0 Å². The smallest absolute Gasteiger partial charge is 0.275 e. The number of rotatable bonds is 10. The molecule has 1 N–H and O–H groups in total. The molecule has 1 aliphatic heterocycles. The van der Waals surface area contributed by atoms with E-state index in [0.717, 1.165) is 37.7 Å². The number of fused-ring (bicyclic) bond motifs is 3. The summed E-state index contributed by atoms with van der Waals surface area (Å²) in [6.07, 6.45) is 4.45. The number of aromatic nitrogens is 2. The van der Waals surface area contributed by atoms with E-state index in [2.05, 4.69) is 24.1 Å². The molecular formula is C26H36N4O5. The molecule has 1 saturated heterocycles. The van der Waals surface area contributed by atoms with E-state index in [-0.39, 0.29) is 17.5 Å². The zero-order valence-corrected chi connectivity index (χ0v) is 21.1. The third-order valence-corrected chi connectivity index (χ3v) is 6.81. The molecule has 0 bridgehead atoms. The maximum atomic E-state index is 13.8. The topological polar surface area (TPSA) is 86.4 Å². The van der Waals surface area contributed by atoms with Crippen LogP contribution in [-0.2, 0) is 11.3 Å². The van der Waals surface area contributed by atoms with E-state index in [1.165, 1.54) is 0 Å². The van der Waals surface area contributed by atoms with Crippen molar-refractivity contribution in [1.29, 1.82) is 0 Å². The van der Waals surface area contributed by atoms with Gasteiger partial charge >= 0.3 is 0 Å². The molecule has 4 rings (SSSR count). The Morgan fingerprint density at radius 3 is 2.49 bits per heavy atom. The molecule has 1 amide bonds. The lowest BCUT2D eigenvalue weighted by molar-refractivity contribution is 0.0361. The summed E-state index contributed by atoms with van der Waals surface area (Å²) in [6.45, 7) is 8.24. The molecule has 1 atom stereocenters. The normalized spacial score (nSPS) is 15.4. The average molecular weight is 485 g/mol. The predicted molar refractivity (Wildman–Crippen MR) is 136 cm³/mol. The molecule has 0 radical (unpaired) electrons. The van der Waals surface area contributed by atoms with Crippen LogP contribution < -0.4 is 20.3 Å². The molecule has 1 aromatic carbocycles. The van der Waals surface area contributed by atoms with E-state index < -0.39 is 0 Å². The van der Waals surface area contributed by atoms with Crippen molar-refractivity contribution in [2.75, 3.05) is 47.1 Å². The van der Waals surface area contributed by atoms with Crippen LogP contribution in [0.25, 0.3) is 16.4 Å². The zero-order chi connectivity index (χ0) is 24.9. The van der Waals surface area contributed by atoms with Gasteiger partial charge in [-0.05, 0) is 31.0 Å². The molecule has 3 heterocycles. The lowest BCUT2D eigenvalue weighted by Crippen LogP contribution is -2.42. The third kappa shape index (κ3) is 5.01. The Morgan fingerprint density at radius 1 is 1.11 bits per heavy atom. The first-order valence-electron chi connectivity index (χ1n) is 12.4. The van der Waals surface area contributed by atoms with E-state index in [4.69, 9.17) is 14.2 Å². The lowest BCUT2D eigenvalue weighted by Gasteiger charge is -2.27. The second-order valence-corrected chi connectivity index (χ2v) is 8.92. The SMILES string of the molecule is CCCC(CC)NC(=O)c1cn2c(cc3c(OC)ccc(OC)c32)c(=O)n1CCN1CCOCC1. The minimum Gasteiger partial charge on any atom is -0.496 e. The van der Waals surface area contributed by atoms with Crippen molar-refractivity contribution in [1.82, 2.24) is 19.2 Å². The second kappa shape index (κ2) is 11.1. The van der Waals surface area contributed by atoms with Gasteiger partial charge < -0.3 is 23.9 Å². The summed E-state index contributed by atoms with van der Waals surface area (Å²) in [7, 11) is 3.19. The Balaban J connectivity index is 1.86. The van der Waals surface area contributed by atoms with Gasteiger partial charge in [0.05, 0.1) is 33.0 Å². The van der Waals surface area contributed by atoms with E-state index in [1.54, 1.807) is 29.4 Å². The van der Waals surface area contributed by atoms with Crippen LogP contribution in [0.4, 0.5) is 0 Å². The number of nitrogens with one attached hydrogen (secondary N) is 1. The number of nitrogens with zero attached hydrogens (tertiary/aromatic N) is 3. The van der Waals surface area contributed by atoms with Crippen LogP contribution in [0.5, 0.6) is 11.5 Å². The van der Waals surface area contributed by atoms with Gasteiger partial charge in [0.25, 0.3) is 11.5 Å². The molecule has 35 heavy (non-hydrogen) atoms. The maximum Gasteiger partial charge on any atom is 0.275 e. The molecule has 0 saturated carbocycles. The number of benzene rings is 1. The number of hydrogen-bond acceptors (Lipinski definition) is 6. The Labute approximate surface area is 205 Å². The molecule has 1 aliphatic rings. The van der Waals surface area contributed by atoms with Gasteiger partial charge in [0.15, 0.2) is 0 Å². The quantitative estimate of drug-likeness (QED) is 0.476. The number of hydrogen-bond donors (Lipinski definition) is 1. The highest BCUT2D eigenvalue weighted by atomic mass is 16.5. The van der Waals surface area contributed by atoms with Gasteiger partial charge in [0.2, 0.25) is 0 Å². The molecule has 2 aromatic heterocycles. The third-order valence-electron chi connectivity index (χ3n) is 6.81. The predicted octanol–water partition coefficient (Wildman–Crippen LogP) is 2.91. The van der Waals surface area contributed by atoms with Gasteiger partial charge in [0, 0.05) is 43.8 Å². The first kappa shape index (κ1) is 25.1. The van der Waals surface area contributed by atoms with Gasteiger partial charge in [-0.1, -0.05) is 20.3 Å². The van der Waals surface area contributed by atoms with Crippen LogP contribution in [0.2, 0.25) is 0 Å². The van der Waals surface area contributed by atoms with Crippen molar-refractivity contribution in [3.05, 3.63) is 40.4 Å². The van der Waals surface area contributed by atoms with Gasteiger partial charge in [-0.3, -0.25) is 19.1 Å². The molecule has 0 aliphatic carbocycles. The van der Waals surface area contributed by atoms with Crippen molar-refractivity contribution < 1.29 is 19.0 Å². The van der Waals surface area contributed by atoms with Crippen LogP contribution in [0, 0.1) is 0 Å². The summed E-state index contributed by atoms with van der Waals surface area (Å²) >= 11 is 0. The average Bonchev–Trinajstić information content (AvgIpc) is 3.28. The summed E-state index contributed by atoms with van der Waals surface area (Å²) in [5, 5.41) is 3.91. The Morgan fingerprint density at radius 2 is 1.83 bits per heavy atom. The zero-order valence-electron chi connectivity index (χ0n) is 21.1. The highest BCUT2D eigenvalue weighted by Gasteiger charge is 2.23. The minimum atomic E-state index is -0.241. The molecule has 9 nitrogen and oxygen atoms in total. The number of methoxy groups -OCH3 is 2. The fraction of sp³-hybridized carbons (Fsp3) is 0.538. The molecule has 190 valence electrons. The summed E-state index contributed by atoms with van der Waals surface area (Å²) in [5.41, 5.74) is 1.30. The van der Waals surface area contributed by atoms with Crippen molar-refractivity contribution in [3.63, 3.8) is 0 Å². The summed E-state index contributed by atoms with van der Waals surface area (Å²) in [6, 6.07) is 5.51. The minimum absolute atomic E-state index is 0.0574. The van der Waals surface area contributed by atoms with Crippen molar-refractivity contribution >= 4 is 22.3 Å². The van der Waals surface area contributed by atoms with Crippen molar-refractivity contribution in [3.8, 4) is 11.5 Å². The van der Waals surface area contributed by atoms with Gasteiger partial charge in [-0.15, -0.1) is 0 Å². The first-order chi connectivity index (χ1) is 17.0.